The fraction of sp³-hybridized carbons (Fsp3) is 0.238. The number of nitrogens with zero attached hydrogens (tertiary/aromatic N) is 3. The highest BCUT2D eigenvalue weighted by Crippen LogP contribution is 2.22. The summed E-state index contributed by atoms with van der Waals surface area (Å²) in [6, 6.07) is 18.2. The number of carbonyl (C=O) groups excluding carboxylic acids is 1. The molecule has 2 aromatic carbocycles. The number of anilines is 2. The van der Waals surface area contributed by atoms with Crippen molar-refractivity contribution >= 4 is 28.3 Å². The summed E-state index contributed by atoms with van der Waals surface area (Å²) in [5.41, 5.74) is 4.06. The number of fused-ring (bicyclic) bond motifs is 1. The fourth-order valence-electron chi connectivity index (χ4n) is 3.32. The molecule has 0 aliphatic carbocycles. The Bertz CT molecular complexity index is 909. The molecule has 0 saturated carbocycles. The maximum Gasteiger partial charge on any atom is 0.322 e. The Morgan fingerprint density at radius 1 is 0.962 bits per heavy atom. The molecular weight excluding hydrogens is 324 g/mol. The van der Waals surface area contributed by atoms with Crippen molar-refractivity contribution in [3.8, 4) is 0 Å². The van der Waals surface area contributed by atoms with Gasteiger partial charge in [-0.25, -0.2) is 4.79 Å². The summed E-state index contributed by atoms with van der Waals surface area (Å²) in [6.45, 7) is 5.18. The summed E-state index contributed by atoms with van der Waals surface area (Å²) in [4.78, 5) is 21.3. The van der Waals surface area contributed by atoms with Gasteiger partial charge in [0.1, 0.15) is 0 Å². The van der Waals surface area contributed by atoms with Crippen LogP contribution in [-0.2, 0) is 0 Å². The Morgan fingerprint density at radius 2 is 1.69 bits per heavy atom. The number of urea groups is 1. The van der Waals surface area contributed by atoms with Crippen LogP contribution in [0.4, 0.5) is 16.2 Å². The second kappa shape index (κ2) is 7.04. The number of para-hydroxylation sites is 1. The van der Waals surface area contributed by atoms with Gasteiger partial charge in [0, 0.05) is 43.4 Å². The molecule has 0 atom stereocenters. The number of nitrogens with one attached hydrogen (secondary N) is 1. The lowest BCUT2D eigenvalue weighted by molar-refractivity contribution is 0.208. The Hall–Kier alpha value is -3.08. The van der Waals surface area contributed by atoms with E-state index in [0.717, 1.165) is 29.7 Å². The minimum absolute atomic E-state index is 0.0632. The van der Waals surface area contributed by atoms with Gasteiger partial charge >= 0.3 is 6.03 Å². The van der Waals surface area contributed by atoms with Gasteiger partial charge in [0.2, 0.25) is 0 Å². The quantitative estimate of drug-likeness (QED) is 0.766. The molecule has 1 aromatic heterocycles. The lowest BCUT2D eigenvalue weighted by Crippen LogP contribution is -2.50. The molecule has 1 saturated heterocycles. The average Bonchev–Trinajstić information content (AvgIpc) is 2.69. The molecule has 1 aliphatic rings. The number of piperazine rings is 1. The summed E-state index contributed by atoms with van der Waals surface area (Å²) in [6.07, 6.45) is 1.75. The number of aromatic nitrogens is 1. The lowest BCUT2D eigenvalue weighted by Gasteiger charge is -2.36. The average molecular weight is 346 g/mol. The second-order valence-electron chi connectivity index (χ2n) is 6.62. The fourth-order valence-corrected chi connectivity index (χ4v) is 3.32. The van der Waals surface area contributed by atoms with Crippen LogP contribution in [0, 0.1) is 6.92 Å². The maximum absolute atomic E-state index is 12.7. The zero-order valence-electron chi connectivity index (χ0n) is 14.9. The van der Waals surface area contributed by atoms with Crippen LogP contribution >= 0.6 is 0 Å². The molecule has 1 fully saturated rings. The number of carbonyl (C=O) groups is 1. The molecule has 132 valence electrons. The number of pyridine rings is 1. The summed E-state index contributed by atoms with van der Waals surface area (Å²) >= 11 is 0. The monoisotopic (exact) mass is 346 g/mol. The summed E-state index contributed by atoms with van der Waals surface area (Å²) in [7, 11) is 0. The first-order valence-electron chi connectivity index (χ1n) is 8.92. The minimum atomic E-state index is -0.0632. The van der Waals surface area contributed by atoms with Crippen molar-refractivity contribution < 1.29 is 4.79 Å². The third kappa shape index (κ3) is 3.33. The van der Waals surface area contributed by atoms with E-state index in [1.54, 1.807) is 6.20 Å². The molecular formula is C21H22N4O. The molecule has 0 bridgehead atoms. The zero-order valence-corrected chi connectivity index (χ0v) is 14.9. The molecule has 0 radical (unpaired) electrons. The van der Waals surface area contributed by atoms with E-state index in [0.29, 0.717) is 13.1 Å². The first-order chi connectivity index (χ1) is 12.7. The minimum Gasteiger partial charge on any atom is -0.368 e. The molecule has 1 aliphatic heterocycles. The normalized spacial score (nSPS) is 14.5. The van der Waals surface area contributed by atoms with Crippen LogP contribution in [0.15, 0.2) is 60.8 Å². The third-order valence-corrected chi connectivity index (χ3v) is 4.84. The van der Waals surface area contributed by atoms with Crippen molar-refractivity contribution in [3.05, 3.63) is 66.4 Å². The summed E-state index contributed by atoms with van der Waals surface area (Å²) < 4.78 is 0. The molecule has 5 nitrogen and oxygen atoms in total. The first kappa shape index (κ1) is 16.4. The highest BCUT2D eigenvalue weighted by Gasteiger charge is 2.21. The van der Waals surface area contributed by atoms with Gasteiger partial charge in [-0.15, -0.1) is 0 Å². The van der Waals surface area contributed by atoms with E-state index in [1.165, 1.54) is 11.3 Å². The number of hydrogen-bond acceptors (Lipinski definition) is 3. The molecule has 4 rings (SSSR count). The molecule has 0 spiro atoms. The number of amides is 2. The van der Waals surface area contributed by atoms with E-state index in [4.69, 9.17) is 0 Å². The maximum atomic E-state index is 12.7. The predicted octanol–water partition coefficient (Wildman–Crippen LogP) is 3.90. The highest BCUT2D eigenvalue weighted by molar-refractivity contribution is 5.99. The number of benzene rings is 2. The second-order valence-corrected chi connectivity index (χ2v) is 6.62. The van der Waals surface area contributed by atoms with Gasteiger partial charge < -0.3 is 15.1 Å². The van der Waals surface area contributed by atoms with Gasteiger partial charge in [0.05, 0.1) is 11.2 Å². The van der Waals surface area contributed by atoms with E-state index >= 15 is 0 Å². The van der Waals surface area contributed by atoms with E-state index < -0.39 is 0 Å². The number of hydrogen-bond donors (Lipinski definition) is 1. The van der Waals surface area contributed by atoms with Gasteiger partial charge in [-0.1, -0.05) is 35.9 Å². The van der Waals surface area contributed by atoms with Crippen molar-refractivity contribution in [1.82, 2.24) is 9.88 Å². The van der Waals surface area contributed by atoms with Gasteiger partial charge in [0.25, 0.3) is 0 Å². The Kier molecular flexibility index (Phi) is 4.44. The molecule has 2 amide bonds. The summed E-state index contributed by atoms with van der Waals surface area (Å²) in [5, 5.41) is 4.05. The van der Waals surface area contributed by atoms with Crippen LogP contribution < -0.4 is 10.2 Å². The van der Waals surface area contributed by atoms with Crippen molar-refractivity contribution in [3.63, 3.8) is 0 Å². The van der Waals surface area contributed by atoms with E-state index in [-0.39, 0.29) is 6.03 Å². The lowest BCUT2D eigenvalue weighted by atomic mass is 10.2. The largest absolute Gasteiger partial charge is 0.368 e. The van der Waals surface area contributed by atoms with Crippen LogP contribution in [0.3, 0.4) is 0 Å². The molecule has 5 heteroatoms. The van der Waals surface area contributed by atoms with E-state index in [1.807, 2.05) is 35.2 Å². The Balaban J connectivity index is 1.41. The Labute approximate surface area is 153 Å². The molecule has 3 aromatic rings. The molecule has 0 unspecified atom stereocenters. The standard InChI is InChI=1S/C21H22N4O/c1-16-7-9-18(10-8-16)24-12-14-25(15-13-24)21(26)23-19-6-2-4-17-5-3-11-22-20(17)19/h2-11H,12-15H2,1H3,(H,23,26). The smallest absolute Gasteiger partial charge is 0.322 e. The van der Waals surface area contributed by atoms with Crippen LogP contribution in [-0.4, -0.2) is 42.1 Å². The number of rotatable bonds is 2. The van der Waals surface area contributed by atoms with Crippen molar-refractivity contribution in [2.45, 2.75) is 6.92 Å². The van der Waals surface area contributed by atoms with Crippen molar-refractivity contribution in [2.75, 3.05) is 36.4 Å². The van der Waals surface area contributed by atoms with Gasteiger partial charge in [-0.2, -0.15) is 0 Å². The van der Waals surface area contributed by atoms with Crippen LogP contribution in [0.1, 0.15) is 5.56 Å². The molecule has 1 N–H and O–H groups in total. The predicted molar refractivity (Wildman–Crippen MR) is 106 cm³/mol. The SMILES string of the molecule is Cc1ccc(N2CCN(C(=O)Nc3cccc4cccnc34)CC2)cc1. The third-order valence-electron chi connectivity index (χ3n) is 4.84. The Morgan fingerprint density at radius 3 is 2.46 bits per heavy atom. The summed E-state index contributed by atoms with van der Waals surface area (Å²) in [5.74, 6) is 0. The van der Waals surface area contributed by atoms with Crippen LogP contribution in [0.2, 0.25) is 0 Å². The van der Waals surface area contributed by atoms with Gasteiger partial charge in [-0.05, 0) is 31.2 Å². The molecule has 2 heterocycles. The van der Waals surface area contributed by atoms with Gasteiger partial charge in [-0.3, -0.25) is 4.98 Å². The van der Waals surface area contributed by atoms with Gasteiger partial charge in [0.15, 0.2) is 0 Å². The molecule has 26 heavy (non-hydrogen) atoms. The van der Waals surface area contributed by atoms with Crippen LogP contribution in [0.5, 0.6) is 0 Å². The highest BCUT2D eigenvalue weighted by atomic mass is 16.2. The zero-order chi connectivity index (χ0) is 17.9. The van der Waals surface area contributed by atoms with Crippen molar-refractivity contribution in [2.24, 2.45) is 0 Å². The van der Waals surface area contributed by atoms with E-state index in [9.17, 15) is 4.79 Å². The van der Waals surface area contributed by atoms with Crippen LogP contribution in [0.25, 0.3) is 10.9 Å². The first-order valence-corrected chi connectivity index (χ1v) is 8.92. The van der Waals surface area contributed by atoms with E-state index in [2.05, 4.69) is 46.4 Å². The topological polar surface area (TPSA) is 48.5 Å². The number of aryl methyl sites for hydroxylation is 1. The van der Waals surface area contributed by atoms with Crippen molar-refractivity contribution in [1.29, 1.82) is 0 Å².